The van der Waals surface area contributed by atoms with E-state index in [1.807, 2.05) is 41.4 Å². The van der Waals surface area contributed by atoms with Crippen LogP contribution in [0.15, 0.2) is 54.9 Å². The van der Waals surface area contributed by atoms with Gasteiger partial charge in [0.25, 0.3) is 0 Å². The van der Waals surface area contributed by atoms with Gasteiger partial charge in [-0.05, 0) is 31.0 Å². The molecule has 0 atom stereocenters. The summed E-state index contributed by atoms with van der Waals surface area (Å²) in [5, 5.41) is 3.30. The molecule has 0 spiro atoms. The first-order chi connectivity index (χ1) is 11.2. The molecule has 0 bridgehead atoms. The Labute approximate surface area is 138 Å². The standard InChI is InChI=1S/C19H25N3O/c1-16(2)22(15-17-7-4-3-5-8-17)19(23)10-12-21-14-18-9-6-11-20-13-18/h3-9,11,13,16,21H,10,12,14-15H2,1-2H3. The molecule has 0 unspecified atom stereocenters. The fourth-order valence-corrected chi connectivity index (χ4v) is 2.41. The average molecular weight is 311 g/mol. The lowest BCUT2D eigenvalue weighted by atomic mass is 10.1. The first-order valence-corrected chi connectivity index (χ1v) is 8.10. The molecule has 0 aliphatic rings. The first-order valence-electron chi connectivity index (χ1n) is 8.10. The molecule has 1 aromatic carbocycles. The lowest BCUT2D eigenvalue weighted by Crippen LogP contribution is -2.37. The molecule has 0 radical (unpaired) electrons. The van der Waals surface area contributed by atoms with Gasteiger partial charge in [0, 0.05) is 44.5 Å². The quantitative estimate of drug-likeness (QED) is 0.762. The summed E-state index contributed by atoms with van der Waals surface area (Å²) < 4.78 is 0. The van der Waals surface area contributed by atoms with Crippen molar-refractivity contribution in [3.05, 3.63) is 66.0 Å². The molecule has 2 rings (SSSR count). The Bertz CT molecular complexity index is 584. The van der Waals surface area contributed by atoms with E-state index in [-0.39, 0.29) is 11.9 Å². The minimum Gasteiger partial charge on any atom is -0.336 e. The van der Waals surface area contributed by atoms with Crippen molar-refractivity contribution in [3.63, 3.8) is 0 Å². The predicted molar refractivity (Wildman–Crippen MR) is 92.7 cm³/mol. The Kier molecular flexibility index (Phi) is 6.76. The minimum atomic E-state index is 0.183. The van der Waals surface area contributed by atoms with Gasteiger partial charge in [0.15, 0.2) is 0 Å². The number of nitrogens with zero attached hydrogens (tertiary/aromatic N) is 2. The monoisotopic (exact) mass is 311 g/mol. The maximum atomic E-state index is 12.5. The highest BCUT2D eigenvalue weighted by Crippen LogP contribution is 2.09. The molecule has 1 aromatic heterocycles. The fourth-order valence-electron chi connectivity index (χ4n) is 2.41. The van der Waals surface area contributed by atoms with Gasteiger partial charge in [-0.3, -0.25) is 9.78 Å². The molecule has 1 heterocycles. The van der Waals surface area contributed by atoms with Crippen molar-refractivity contribution in [1.29, 1.82) is 0 Å². The van der Waals surface area contributed by atoms with E-state index < -0.39 is 0 Å². The van der Waals surface area contributed by atoms with E-state index in [2.05, 4.69) is 36.3 Å². The van der Waals surface area contributed by atoms with Crippen molar-refractivity contribution >= 4 is 5.91 Å². The van der Waals surface area contributed by atoms with E-state index in [0.717, 1.165) is 17.7 Å². The van der Waals surface area contributed by atoms with Crippen LogP contribution in [0.3, 0.4) is 0 Å². The summed E-state index contributed by atoms with van der Waals surface area (Å²) in [6.45, 7) is 6.20. The number of carbonyl (C=O) groups excluding carboxylic acids is 1. The van der Waals surface area contributed by atoms with Crippen LogP contribution in [-0.2, 0) is 17.9 Å². The van der Waals surface area contributed by atoms with Gasteiger partial charge in [-0.15, -0.1) is 0 Å². The van der Waals surface area contributed by atoms with Crippen LogP contribution >= 0.6 is 0 Å². The molecule has 0 aliphatic carbocycles. The number of pyridine rings is 1. The second kappa shape index (κ2) is 9.06. The lowest BCUT2D eigenvalue weighted by Gasteiger charge is -2.27. The summed E-state index contributed by atoms with van der Waals surface area (Å²) in [7, 11) is 0. The Hall–Kier alpha value is -2.20. The predicted octanol–water partition coefficient (Wildman–Crippen LogP) is 3.00. The van der Waals surface area contributed by atoms with Crippen LogP contribution in [0.4, 0.5) is 0 Å². The Morgan fingerprint density at radius 2 is 1.87 bits per heavy atom. The van der Waals surface area contributed by atoms with E-state index >= 15 is 0 Å². The number of hydrogen-bond donors (Lipinski definition) is 1. The molecule has 4 heteroatoms. The van der Waals surface area contributed by atoms with E-state index in [4.69, 9.17) is 0 Å². The van der Waals surface area contributed by atoms with Gasteiger partial charge in [-0.2, -0.15) is 0 Å². The van der Waals surface area contributed by atoms with Gasteiger partial charge in [0.2, 0.25) is 5.91 Å². The SMILES string of the molecule is CC(C)N(Cc1ccccc1)C(=O)CCNCc1cccnc1. The van der Waals surface area contributed by atoms with E-state index in [1.54, 1.807) is 6.20 Å². The molecule has 122 valence electrons. The van der Waals surface area contributed by atoms with Crippen molar-refractivity contribution in [2.24, 2.45) is 0 Å². The molecule has 2 aromatic rings. The van der Waals surface area contributed by atoms with Gasteiger partial charge in [-0.25, -0.2) is 0 Å². The number of benzene rings is 1. The highest BCUT2D eigenvalue weighted by Gasteiger charge is 2.16. The third kappa shape index (κ3) is 5.83. The molecular formula is C19H25N3O. The Balaban J connectivity index is 1.79. The molecule has 23 heavy (non-hydrogen) atoms. The molecular weight excluding hydrogens is 286 g/mol. The van der Waals surface area contributed by atoms with E-state index in [1.165, 1.54) is 0 Å². The zero-order valence-electron chi connectivity index (χ0n) is 13.9. The zero-order chi connectivity index (χ0) is 16.5. The summed E-state index contributed by atoms with van der Waals surface area (Å²) >= 11 is 0. The summed E-state index contributed by atoms with van der Waals surface area (Å²) in [6, 6.07) is 14.3. The molecule has 1 N–H and O–H groups in total. The summed E-state index contributed by atoms with van der Waals surface area (Å²) in [5.41, 5.74) is 2.29. The molecule has 0 saturated carbocycles. The van der Waals surface area contributed by atoms with E-state index in [0.29, 0.717) is 19.5 Å². The smallest absolute Gasteiger partial charge is 0.224 e. The lowest BCUT2D eigenvalue weighted by molar-refractivity contribution is -0.133. The van der Waals surface area contributed by atoms with Crippen molar-refractivity contribution in [3.8, 4) is 0 Å². The maximum absolute atomic E-state index is 12.5. The second-order valence-electron chi connectivity index (χ2n) is 5.89. The van der Waals surface area contributed by atoms with Crippen LogP contribution in [-0.4, -0.2) is 28.4 Å². The number of carbonyl (C=O) groups is 1. The van der Waals surface area contributed by atoms with Gasteiger partial charge in [-0.1, -0.05) is 36.4 Å². The third-order valence-corrected chi connectivity index (χ3v) is 3.71. The topological polar surface area (TPSA) is 45.2 Å². The summed E-state index contributed by atoms with van der Waals surface area (Å²) in [5.74, 6) is 0.183. The maximum Gasteiger partial charge on any atom is 0.224 e. The molecule has 1 amide bonds. The molecule has 0 saturated heterocycles. The Morgan fingerprint density at radius 3 is 2.52 bits per heavy atom. The number of rotatable bonds is 8. The molecule has 0 aliphatic heterocycles. The highest BCUT2D eigenvalue weighted by atomic mass is 16.2. The van der Waals surface area contributed by atoms with Crippen molar-refractivity contribution < 1.29 is 4.79 Å². The van der Waals surface area contributed by atoms with Crippen LogP contribution in [0.1, 0.15) is 31.4 Å². The third-order valence-electron chi connectivity index (χ3n) is 3.71. The van der Waals surface area contributed by atoms with Crippen LogP contribution in [0.2, 0.25) is 0 Å². The molecule has 4 nitrogen and oxygen atoms in total. The van der Waals surface area contributed by atoms with Crippen molar-refractivity contribution in [2.75, 3.05) is 6.54 Å². The van der Waals surface area contributed by atoms with Gasteiger partial charge < -0.3 is 10.2 Å². The minimum absolute atomic E-state index is 0.183. The van der Waals surface area contributed by atoms with Crippen LogP contribution in [0.25, 0.3) is 0 Å². The number of hydrogen-bond acceptors (Lipinski definition) is 3. The van der Waals surface area contributed by atoms with Crippen LogP contribution < -0.4 is 5.32 Å². The van der Waals surface area contributed by atoms with Crippen LogP contribution in [0, 0.1) is 0 Å². The average Bonchev–Trinajstić information content (AvgIpc) is 2.58. The van der Waals surface area contributed by atoms with Crippen LogP contribution in [0.5, 0.6) is 0 Å². The normalized spacial score (nSPS) is 10.7. The van der Waals surface area contributed by atoms with Gasteiger partial charge in [0.05, 0.1) is 0 Å². The Morgan fingerprint density at radius 1 is 1.13 bits per heavy atom. The van der Waals surface area contributed by atoms with Crippen molar-refractivity contribution in [2.45, 2.75) is 39.4 Å². The van der Waals surface area contributed by atoms with E-state index in [9.17, 15) is 4.79 Å². The van der Waals surface area contributed by atoms with Gasteiger partial charge in [0.1, 0.15) is 0 Å². The number of aromatic nitrogens is 1. The second-order valence-corrected chi connectivity index (χ2v) is 5.89. The molecule has 0 fully saturated rings. The van der Waals surface area contributed by atoms with Gasteiger partial charge >= 0.3 is 0 Å². The summed E-state index contributed by atoms with van der Waals surface area (Å²) in [6.07, 6.45) is 4.10. The van der Waals surface area contributed by atoms with Crippen molar-refractivity contribution in [1.82, 2.24) is 15.2 Å². The number of nitrogens with one attached hydrogen (secondary N) is 1. The largest absolute Gasteiger partial charge is 0.336 e. The fraction of sp³-hybridized carbons (Fsp3) is 0.368. The zero-order valence-corrected chi connectivity index (χ0v) is 13.9. The number of amides is 1. The summed E-state index contributed by atoms with van der Waals surface area (Å²) in [4.78, 5) is 18.5. The highest BCUT2D eigenvalue weighted by molar-refractivity contribution is 5.76. The first kappa shape index (κ1) is 17.2.